The predicted octanol–water partition coefficient (Wildman–Crippen LogP) is 4.76. The fraction of sp³-hybridized carbons (Fsp3) is 0.231. The third-order valence-corrected chi connectivity index (χ3v) is 5.07. The van der Waals surface area contributed by atoms with Crippen LogP contribution in [0.2, 0.25) is 0 Å². The zero-order valence-corrected chi connectivity index (χ0v) is 18.4. The first kappa shape index (κ1) is 22.9. The van der Waals surface area contributed by atoms with Crippen LogP contribution in [0.3, 0.4) is 0 Å². The van der Waals surface area contributed by atoms with E-state index in [1.807, 2.05) is 24.3 Å². The molecule has 0 aromatic heterocycles. The summed E-state index contributed by atoms with van der Waals surface area (Å²) in [7, 11) is 0. The second-order valence-electron chi connectivity index (χ2n) is 7.71. The number of amidine groups is 2. The molecule has 0 saturated heterocycles. The van der Waals surface area contributed by atoms with E-state index in [-0.39, 0.29) is 11.7 Å². The van der Waals surface area contributed by atoms with E-state index in [0.29, 0.717) is 24.3 Å². The lowest BCUT2D eigenvalue weighted by Gasteiger charge is -2.13. The number of nitrogens with two attached hydrogens (primary N) is 2. The molecule has 0 spiro atoms. The lowest BCUT2D eigenvalue weighted by atomic mass is 10.0. The summed E-state index contributed by atoms with van der Waals surface area (Å²) in [6.07, 6.45) is 3.28. The zero-order chi connectivity index (χ0) is 22.9. The Morgan fingerprint density at radius 2 is 1.09 bits per heavy atom. The van der Waals surface area contributed by atoms with Crippen molar-refractivity contribution in [3.05, 3.63) is 94.5 Å². The summed E-state index contributed by atoms with van der Waals surface area (Å²) in [4.78, 5) is 0. The Labute approximate surface area is 189 Å². The summed E-state index contributed by atoms with van der Waals surface area (Å²) >= 11 is 0. The molecule has 0 aliphatic rings. The van der Waals surface area contributed by atoms with Gasteiger partial charge in [-0.05, 0) is 84.1 Å². The minimum Gasteiger partial charge on any atom is -0.489 e. The average Bonchev–Trinajstić information content (AvgIpc) is 2.80. The molecule has 0 fully saturated rings. The van der Waals surface area contributed by atoms with Gasteiger partial charge in [0.1, 0.15) is 36.4 Å². The van der Waals surface area contributed by atoms with Crippen molar-refractivity contribution in [3.8, 4) is 11.5 Å². The van der Waals surface area contributed by atoms with Gasteiger partial charge in [0.2, 0.25) is 0 Å². The zero-order valence-electron chi connectivity index (χ0n) is 18.4. The van der Waals surface area contributed by atoms with Crippen LogP contribution in [0.25, 0.3) is 0 Å². The Hall–Kier alpha value is -3.80. The van der Waals surface area contributed by atoms with Crippen LogP contribution >= 0.6 is 0 Å². The molecule has 0 aliphatic carbocycles. The molecule has 6 nitrogen and oxygen atoms in total. The van der Waals surface area contributed by atoms with Gasteiger partial charge in [0, 0.05) is 11.1 Å². The van der Waals surface area contributed by atoms with Crippen molar-refractivity contribution in [3.63, 3.8) is 0 Å². The van der Waals surface area contributed by atoms with Gasteiger partial charge >= 0.3 is 0 Å². The molecular weight excluding hydrogens is 400 g/mol. The van der Waals surface area contributed by atoms with Crippen molar-refractivity contribution in [1.29, 1.82) is 10.8 Å². The highest BCUT2D eigenvalue weighted by Gasteiger charge is 2.06. The first-order valence-corrected chi connectivity index (χ1v) is 10.7. The SMILES string of the molecule is CCCCc1cc(COc2ccc(C(=N)N)cc2)cc(COc2ccc(C(=N)N)cc2)c1. The predicted molar refractivity (Wildman–Crippen MR) is 129 cm³/mol. The monoisotopic (exact) mass is 430 g/mol. The number of hydrogen-bond acceptors (Lipinski definition) is 4. The molecule has 0 aliphatic heterocycles. The third-order valence-electron chi connectivity index (χ3n) is 5.07. The molecular formula is C26H30N4O2. The molecule has 166 valence electrons. The Morgan fingerprint density at radius 3 is 1.47 bits per heavy atom. The minimum absolute atomic E-state index is 0.0424. The van der Waals surface area contributed by atoms with Gasteiger partial charge in [0.05, 0.1) is 0 Å². The van der Waals surface area contributed by atoms with Gasteiger partial charge in [-0.2, -0.15) is 0 Å². The van der Waals surface area contributed by atoms with Crippen LogP contribution in [0, 0.1) is 10.8 Å². The van der Waals surface area contributed by atoms with E-state index in [9.17, 15) is 0 Å². The minimum atomic E-state index is 0.0424. The fourth-order valence-corrected chi connectivity index (χ4v) is 3.33. The molecule has 0 bridgehead atoms. The molecule has 0 heterocycles. The molecule has 3 aromatic rings. The van der Waals surface area contributed by atoms with Gasteiger partial charge in [-0.3, -0.25) is 10.8 Å². The summed E-state index contributed by atoms with van der Waals surface area (Å²) < 4.78 is 11.9. The summed E-state index contributed by atoms with van der Waals surface area (Å²) in [5.74, 6) is 1.55. The van der Waals surface area contributed by atoms with Gasteiger partial charge in [0.25, 0.3) is 0 Å². The van der Waals surface area contributed by atoms with E-state index in [2.05, 4.69) is 25.1 Å². The highest BCUT2D eigenvalue weighted by molar-refractivity contribution is 5.95. The van der Waals surface area contributed by atoms with E-state index in [1.165, 1.54) is 5.56 Å². The number of nitrogens with one attached hydrogen (secondary N) is 2. The molecule has 3 rings (SSSR count). The summed E-state index contributed by atoms with van der Waals surface area (Å²) in [6.45, 7) is 3.08. The molecule has 0 unspecified atom stereocenters. The fourth-order valence-electron chi connectivity index (χ4n) is 3.33. The lowest BCUT2D eigenvalue weighted by molar-refractivity contribution is 0.299. The highest BCUT2D eigenvalue weighted by atomic mass is 16.5. The molecule has 0 amide bonds. The van der Waals surface area contributed by atoms with Crippen LogP contribution in [0.1, 0.15) is 47.6 Å². The maximum Gasteiger partial charge on any atom is 0.122 e. The quantitative estimate of drug-likeness (QED) is 0.259. The number of ether oxygens (including phenoxy) is 2. The first-order chi connectivity index (χ1) is 15.4. The summed E-state index contributed by atoms with van der Waals surface area (Å²) in [5, 5.41) is 15.0. The summed E-state index contributed by atoms with van der Waals surface area (Å²) in [5.41, 5.74) is 15.8. The molecule has 0 saturated carbocycles. The van der Waals surface area contributed by atoms with Crippen molar-refractivity contribution < 1.29 is 9.47 Å². The number of unbranched alkanes of at least 4 members (excludes halogenated alkanes) is 1. The molecule has 0 radical (unpaired) electrons. The Bertz CT molecular complexity index is 980. The Balaban J connectivity index is 1.69. The van der Waals surface area contributed by atoms with E-state index in [0.717, 1.165) is 41.9 Å². The van der Waals surface area contributed by atoms with Crippen molar-refractivity contribution >= 4 is 11.7 Å². The Morgan fingerprint density at radius 1 is 0.688 bits per heavy atom. The molecule has 6 heteroatoms. The van der Waals surface area contributed by atoms with Gasteiger partial charge < -0.3 is 20.9 Å². The smallest absolute Gasteiger partial charge is 0.122 e. The number of nitrogen functional groups attached to an aromatic ring is 2. The van der Waals surface area contributed by atoms with Gasteiger partial charge in [-0.25, -0.2) is 0 Å². The van der Waals surface area contributed by atoms with Crippen molar-refractivity contribution in [2.75, 3.05) is 0 Å². The van der Waals surface area contributed by atoms with E-state index in [1.54, 1.807) is 24.3 Å². The first-order valence-electron chi connectivity index (χ1n) is 10.7. The molecule has 0 atom stereocenters. The number of rotatable bonds is 11. The van der Waals surface area contributed by atoms with Crippen LogP contribution in [-0.4, -0.2) is 11.7 Å². The van der Waals surface area contributed by atoms with Crippen LogP contribution in [-0.2, 0) is 19.6 Å². The van der Waals surface area contributed by atoms with Crippen LogP contribution in [0.4, 0.5) is 0 Å². The van der Waals surface area contributed by atoms with Crippen molar-refractivity contribution in [2.45, 2.75) is 39.4 Å². The number of benzene rings is 3. The van der Waals surface area contributed by atoms with Gasteiger partial charge in [0.15, 0.2) is 0 Å². The van der Waals surface area contributed by atoms with Crippen molar-refractivity contribution in [2.24, 2.45) is 11.5 Å². The molecule has 32 heavy (non-hydrogen) atoms. The topological polar surface area (TPSA) is 118 Å². The number of hydrogen-bond donors (Lipinski definition) is 4. The average molecular weight is 431 g/mol. The molecule has 6 N–H and O–H groups in total. The van der Waals surface area contributed by atoms with Crippen LogP contribution in [0.15, 0.2) is 66.7 Å². The largest absolute Gasteiger partial charge is 0.489 e. The Kier molecular flexibility index (Phi) is 7.86. The second-order valence-corrected chi connectivity index (χ2v) is 7.71. The third kappa shape index (κ3) is 6.60. The normalized spacial score (nSPS) is 10.5. The van der Waals surface area contributed by atoms with Crippen LogP contribution in [0.5, 0.6) is 11.5 Å². The van der Waals surface area contributed by atoms with E-state index >= 15 is 0 Å². The maximum atomic E-state index is 7.49. The van der Waals surface area contributed by atoms with Crippen molar-refractivity contribution in [1.82, 2.24) is 0 Å². The maximum absolute atomic E-state index is 7.49. The lowest BCUT2D eigenvalue weighted by Crippen LogP contribution is -2.10. The van der Waals surface area contributed by atoms with Gasteiger partial charge in [-0.15, -0.1) is 0 Å². The molecule has 3 aromatic carbocycles. The standard InChI is InChI=1S/C26H30N4O2/c1-2-3-4-18-13-19(16-31-23-9-5-21(6-10-23)25(27)28)15-20(14-18)17-32-24-11-7-22(8-12-24)26(29)30/h5-15H,2-4,16-17H2,1H3,(H3,27,28)(H3,29,30). The van der Waals surface area contributed by atoms with E-state index in [4.69, 9.17) is 31.8 Å². The number of aryl methyl sites for hydroxylation is 1. The van der Waals surface area contributed by atoms with Gasteiger partial charge in [-0.1, -0.05) is 25.5 Å². The summed E-state index contributed by atoms with van der Waals surface area (Å²) in [6, 6.07) is 20.9. The second kappa shape index (κ2) is 11.0. The highest BCUT2D eigenvalue weighted by Crippen LogP contribution is 2.19. The van der Waals surface area contributed by atoms with E-state index < -0.39 is 0 Å². The van der Waals surface area contributed by atoms with Crippen LogP contribution < -0.4 is 20.9 Å².